The van der Waals surface area contributed by atoms with E-state index in [2.05, 4.69) is 51.9 Å². The van der Waals surface area contributed by atoms with Crippen LogP contribution in [0.4, 0.5) is 0 Å². The summed E-state index contributed by atoms with van der Waals surface area (Å²) in [6.45, 7) is 2.88. The summed E-state index contributed by atoms with van der Waals surface area (Å²) in [5.74, 6) is 1.51. The lowest BCUT2D eigenvalue weighted by molar-refractivity contribution is 0.100. The van der Waals surface area contributed by atoms with Crippen molar-refractivity contribution in [1.29, 1.82) is 0 Å². The predicted octanol–water partition coefficient (Wildman–Crippen LogP) is 8.82. The minimum atomic E-state index is -0.349. The van der Waals surface area contributed by atoms with E-state index in [1.807, 2.05) is 36.4 Å². The van der Waals surface area contributed by atoms with Crippen molar-refractivity contribution in [2.24, 2.45) is 5.73 Å². The summed E-state index contributed by atoms with van der Waals surface area (Å²) in [6.07, 6.45) is 4.57. The maximum atomic E-state index is 11.5. The highest BCUT2D eigenvalue weighted by molar-refractivity contribution is 7.14. The number of carbonyl (C=O) groups is 1. The molecule has 43 heavy (non-hydrogen) atoms. The average molecular weight is 652 g/mol. The van der Waals surface area contributed by atoms with Gasteiger partial charge in [0.05, 0.1) is 15.9 Å². The molecule has 7 rings (SSSR count). The molecule has 5 aromatic rings. The summed E-state index contributed by atoms with van der Waals surface area (Å²) in [5.41, 5.74) is 11.4. The van der Waals surface area contributed by atoms with Crippen LogP contribution >= 0.6 is 46.9 Å². The van der Waals surface area contributed by atoms with Gasteiger partial charge in [0.1, 0.15) is 5.82 Å². The Kier molecular flexibility index (Phi) is 8.86. The molecule has 1 aliphatic heterocycles. The normalized spacial score (nSPS) is 16.1. The third-order valence-electron chi connectivity index (χ3n) is 8.63. The number of rotatable bonds is 8. The molecule has 0 bridgehead atoms. The van der Waals surface area contributed by atoms with Gasteiger partial charge in [0.25, 0.3) is 5.91 Å². The van der Waals surface area contributed by atoms with Crippen molar-refractivity contribution in [3.63, 3.8) is 0 Å². The standard InChI is InChI=1S/C34H32Cl2N4OS.ClH/c35-25-8-3-21(4-9-25)32(22-5-10-26(36)11-6-22)24-7-13-29-30(19-24)40(34(38-29)23-1-2-23)27-15-17-39(18-16-27)20-28-12-14-31(42-28)33(37)41;/h3-14,19,23,27,32H,1-2,15-18,20H2,(H2,37,41);1H. The third-order valence-corrected chi connectivity index (χ3v) is 10.2. The highest BCUT2D eigenvalue weighted by Crippen LogP contribution is 2.44. The van der Waals surface area contributed by atoms with Crippen molar-refractivity contribution in [2.45, 2.75) is 50.1 Å². The summed E-state index contributed by atoms with van der Waals surface area (Å²) in [6, 6.07) is 27.4. The van der Waals surface area contributed by atoms with Crippen LogP contribution in [-0.2, 0) is 6.54 Å². The number of likely N-dealkylation sites (tertiary alicyclic amines) is 1. The van der Waals surface area contributed by atoms with Crippen molar-refractivity contribution < 1.29 is 4.79 Å². The number of thiophene rings is 1. The fourth-order valence-corrected chi connectivity index (χ4v) is 7.51. The second kappa shape index (κ2) is 12.6. The molecule has 0 atom stereocenters. The molecule has 0 unspecified atom stereocenters. The number of imidazole rings is 1. The zero-order valence-electron chi connectivity index (χ0n) is 23.6. The molecule has 3 aromatic carbocycles. The molecule has 9 heteroatoms. The summed E-state index contributed by atoms with van der Waals surface area (Å²) < 4.78 is 2.57. The van der Waals surface area contributed by atoms with Crippen LogP contribution in [-0.4, -0.2) is 33.4 Å². The first-order chi connectivity index (χ1) is 20.4. The van der Waals surface area contributed by atoms with E-state index in [-0.39, 0.29) is 24.2 Å². The molecule has 1 aliphatic carbocycles. The summed E-state index contributed by atoms with van der Waals surface area (Å²) in [4.78, 5) is 21.0. The second-order valence-corrected chi connectivity index (χ2v) is 13.6. The number of halogens is 3. The van der Waals surface area contributed by atoms with Crippen molar-refractivity contribution in [2.75, 3.05) is 13.1 Å². The van der Waals surface area contributed by atoms with Gasteiger partial charge in [-0.25, -0.2) is 4.98 Å². The number of hydrogen-bond acceptors (Lipinski definition) is 4. The first-order valence-electron chi connectivity index (χ1n) is 14.6. The number of primary amides is 1. The van der Waals surface area contributed by atoms with E-state index >= 15 is 0 Å². The Hall–Kier alpha value is -2.87. The quantitative estimate of drug-likeness (QED) is 0.171. The molecule has 3 heterocycles. The van der Waals surface area contributed by atoms with E-state index < -0.39 is 0 Å². The van der Waals surface area contributed by atoms with E-state index in [9.17, 15) is 4.79 Å². The fraction of sp³-hybridized carbons (Fsp3) is 0.294. The Morgan fingerprint density at radius 2 is 1.47 bits per heavy atom. The SMILES string of the molecule is Cl.NC(=O)c1ccc(CN2CCC(n3c(C4CC4)nc4ccc(C(c5ccc(Cl)cc5)c5ccc(Cl)cc5)cc43)CC2)s1. The van der Waals surface area contributed by atoms with E-state index in [0.717, 1.165) is 48.0 Å². The highest BCUT2D eigenvalue weighted by Gasteiger charge is 2.33. The molecule has 1 saturated carbocycles. The number of carbonyl (C=O) groups excluding carboxylic acids is 1. The molecular formula is C34H33Cl3N4OS. The summed E-state index contributed by atoms with van der Waals surface area (Å²) in [5, 5.41) is 1.46. The molecule has 0 spiro atoms. The number of nitrogens with zero attached hydrogens (tertiary/aromatic N) is 3. The van der Waals surface area contributed by atoms with Gasteiger partial charge in [-0.2, -0.15) is 0 Å². The number of hydrogen-bond donors (Lipinski definition) is 1. The van der Waals surface area contributed by atoms with Crippen molar-refractivity contribution in [1.82, 2.24) is 14.5 Å². The molecule has 2 fully saturated rings. The van der Waals surface area contributed by atoms with Crippen LogP contribution in [0.15, 0.2) is 78.9 Å². The van der Waals surface area contributed by atoms with E-state index in [1.54, 1.807) is 0 Å². The van der Waals surface area contributed by atoms with Gasteiger partial charge in [-0.05, 0) is 90.9 Å². The fourth-order valence-electron chi connectivity index (χ4n) is 6.36. The van der Waals surface area contributed by atoms with Gasteiger partial charge in [-0.3, -0.25) is 9.69 Å². The van der Waals surface area contributed by atoms with Crippen LogP contribution in [0.1, 0.15) is 80.6 Å². The van der Waals surface area contributed by atoms with E-state index in [0.29, 0.717) is 16.8 Å². The Morgan fingerprint density at radius 1 is 0.860 bits per heavy atom. The van der Waals surface area contributed by atoms with E-state index in [1.165, 1.54) is 57.1 Å². The van der Waals surface area contributed by atoms with E-state index in [4.69, 9.17) is 33.9 Å². The topological polar surface area (TPSA) is 64.2 Å². The van der Waals surface area contributed by atoms with Gasteiger partial charge in [0.2, 0.25) is 0 Å². The minimum Gasteiger partial charge on any atom is -0.365 e. The average Bonchev–Trinajstić information content (AvgIpc) is 3.61. The monoisotopic (exact) mass is 650 g/mol. The van der Waals surface area contributed by atoms with Crippen LogP contribution in [0, 0.1) is 0 Å². The molecule has 1 amide bonds. The predicted molar refractivity (Wildman–Crippen MR) is 179 cm³/mol. The Morgan fingerprint density at radius 3 is 2.02 bits per heavy atom. The van der Waals surface area contributed by atoms with Crippen molar-refractivity contribution >= 4 is 63.9 Å². The number of piperidine rings is 1. The van der Waals surface area contributed by atoms with Gasteiger partial charge >= 0.3 is 0 Å². The number of fused-ring (bicyclic) bond motifs is 1. The summed E-state index contributed by atoms with van der Waals surface area (Å²) >= 11 is 14.0. The first kappa shape index (κ1) is 30.2. The van der Waals surface area contributed by atoms with Crippen LogP contribution in [0.5, 0.6) is 0 Å². The Balaban J connectivity index is 0.00000329. The van der Waals surface area contributed by atoms with Crippen LogP contribution in [0.25, 0.3) is 11.0 Å². The van der Waals surface area contributed by atoms with Crippen LogP contribution in [0.3, 0.4) is 0 Å². The molecule has 1 saturated heterocycles. The van der Waals surface area contributed by atoms with Crippen molar-refractivity contribution in [3.8, 4) is 0 Å². The maximum absolute atomic E-state index is 11.5. The smallest absolute Gasteiger partial charge is 0.258 e. The second-order valence-electron chi connectivity index (χ2n) is 11.5. The number of benzene rings is 3. The molecule has 2 aliphatic rings. The van der Waals surface area contributed by atoms with Gasteiger partial charge in [-0.15, -0.1) is 23.7 Å². The zero-order chi connectivity index (χ0) is 28.8. The largest absolute Gasteiger partial charge is 0.365 e. The molecule has 5 nitrogen and oxygen atoms in total. The lowest BCUT2D eigenvalue weighted by atomic mass is 9.85. The molecule has 222 valence electrons. The molecular weight excluding hydrogens is 619 g/mol. The summed E-state index contributed by atoms with van der Waals surface area (Å²) in [7, 11) is 0. The lowest BCUT2D eigenvalue weighted by Crippen LogP contribution is -2.34. The lowest BCUT2D eigenvalue weighted by Gasteiger charge is -2.33. The first-order valence-corrected chi connectivity index (χ1v) is 16.1. The maximum Gasteiger partial charge on any atom is 0.258 e. The van der Waals surface area contributed by atoms with Crippen LogP contribution < -0.4 is 5.73 Å². The molecule has 2 N–H and O–H groups in total. The van der Waals surface area contributed by atoms with Gasteiger partial charge in [0, 0.05) is 52.4 Å². The molecule has 2 aromatic heterocycles. The van der Waals surface area contributed by atoms with Gasteiger partial charge < -0.3 is 10.3 Å². The Bertz CT molecular complexity index is 1690. The van der Waals surface area contributed by atoms with Crippen molar-refractivity contribution in [3.05, 3.63) is 121 Å². The van der Waals surface area contributed by atoms with Crippen LogP contribution in [0.2, 0.25) is 10.0 Å². The zero-order valence-corrected chi connectivity index (χ0v) is 26.7. The van der Waals surface area contributed by atoms with Gasteiger partial charge in [0.15, 0.2) is 0 Å². The minimum absolute atomic E-state index is 0. The molecule has 0 radical (unpaired) electrons. The number of amides is 1. The Labute approximate surface area is 272 Å². The third kappa shape index (κ3) is 6.36. The number of aromatic nitrogens is 2. The number of nitrogens with two attached hydrogens (primary N) is 1. The van der Waals surface area contributed by atoms with Gasteiger partial charge in [-0.1, -0.05) is 53.5 Å². The highest BCUT2D eigenvalue weighted by atomic mass is 35.5.